The summed E-state index contributed by atoms with van der Waals surface area (Å²) in [6, 6.07) is 9.95. The van der Waals surface area contributed by atoms with Crippen molar-refractivity contribution in [1.29, 1.82) is 5.41 Å². The van der Waals surface area contributed by atoms with Gasteiger partial charge >= 0.3 is 0 Å². The Hall–Kier alpha value is -2.67. The van der Waals surface area contributed by atoms with E-state index in [9.17, 15) is 14.5 Å². The molecule has 0 fully saturated rings. The molecule has 0 atom stereocenters. The number of benzene rings is 2. The van der Waals surface area contributed by atoms with Crippen molar-refractivity contribution in [2.45, 2.75) is 6.61 Å². The first-order chi connectivity index (χ1) is 9.99. The number of ether oxygens (including phenoxy) is 1. The summed E-state index contributed by atoms with van der Waals surface area (Å²) in [5.41, 5.74) is 5.89. The lowest BCUT2D eigenvalue weighted by atomic mass is 10.1. The van der Waals surface area contributed by atoms with Gasteiger partial charge in [-0.15, -0.1) is 12.4 Å². The summed E-state index contributed by atoms with van der Waals surface area (Å²) >= 11 is 0. The molecule has 0 saturated heterocycles. The van der Waals surface area contributed by atoms with Gasteiger partial charge in [0.2, 0.25) is 0 Å². The zero-order chi connectivity index (χ0) is 15.4. The summed E-state index contributed by atoms with van der Waals surface area (Å²) in [4.78, 5) is 10.0. The van der Waals surface area contributed by atoms with E-state index >= 15 is 0 Å². The predicted molar refractivity (Wildman–Crippen MR) is 82.1 cm³/mol. The number of hydrogen-bond acceptors (Lipinski definition) is 4. The van der Waals surface area contributed by atoms with Crippen molar-refractivity contribution in [2.24, 2.45) is 5.73 Å². The number of nitrogens with one attached hydrogen (secondary N) is 1. The quantitative estimate of drug-likeness (QED) is 0.382. The maximum absolute atomic E-state index is 13.6. The van der Waals surface area contributed by atoms with Crippen molar-refractivity contribution in [1.82, 2.24) is 0 Å². The van der Waals surface area contributed by atoms with Gasteiger partial charge in [-0.2, -0.15) is 0 Å². The van der Waals surface area contributed by atoms with Crippen LogP contribution >= 0.6 is 12.4 Å². The number of halogens is 2. The summed E-state index contributed by atoms with van der Waals surface area (Å²) in [7, 11) is 0. The van der Waals surface area contributed by atoms with Crippen LogP contribution in [0.2, 0.25) is 0 Å². The van der Waals surface area contributed by atoms with Gasteiger partial charge in [-0.1, -0.05) is 6.07 Å². The highest BCUT2D eigenvalue weighted by molar-refractivity contribution is 5.97. The topological polar surface area (TPSA) is 102 Å². The standard InChI is InChI=1S/C14H12FN3O3.ClH/c15-11-2-1-3-12(13(11)14(16)17)21-8-9-4-6-10(7-5-9)18(19)20;/h1-7H,8H2,(H3,16,17);1H. The van der Waals surface area contributed by atoms with Crippen molar-refractivity contribution < 1.29 is 14.1 Å². The third-order valence-corrected chi connectivity index (χ3v) is 2.79. The molecule has 116 valence electrons. The molecule has 0 bridgehead atoms. The zero-order valence-electron chi connectivity index (χ0n) is 11.3. The molecule has 0 saturated carbocycles. The Morgan fingerprint density at radius 3 is 2.45 bits per heavy atom. The monoisotopic (exact) mass is 325 g/mol. The molecule has 0 heterocycles. The highest BCUT2D eigenvalue weighted by Gasteiger charge is 2.12. The average molecular weight is 326 g/mol. The summed E-state index contributed by atoms with van der Waals surface area (Å²) in [5.74, 6) is -0.906. The summed E-state index contributed by atoms with van der Waals surface area (Å²) in [6.07, 6.45) is 0. The van der Waals surface area contributed by atoms with Gasteiger partial charge in [0, 0.05) is 12.1 Å². The molecule has 0 spiro atoms. The molecule has 0 aliphatic carbocycles. The third kappa shape index (κ3) is 3.92. The van der Waals surface area contributed by atoms with E-state index in [0.717, 1.165) is 0 Å². The molecular weight excluding hydrogens is 313 g/mol. The number of nitro benzene ring substituents is 1. The first-order valence-electron chi connectivity index (χ1n) is 5.98. The van der Waals surface area contributed by atoms with Gasteiger partial charge in [-0.05, 0) is 29.8 Å². The molecule has 2 rings (SSSR count). The minimum atomic E-state index is -0.635. The van der Waals surface area contributed by atoms with Crippen LogP contribution in [0.5, 0.6) is 5.75 Å². The Balaban J connectivity index is 0.00000242. The number of non-ortho nitro benzene ring substituents is 1. The van der Waals surface area contributed by atoms with E-state index in [0.29, 0.717) is 5.56 Å². The lowest BCUT2D eigenvalue weighted by Gasteiger charge is -2.11. The number of amidine groups is 1. The smallest absolute Gasteiger partial charge is 0.269 e. The van der Waals surface area contributed by atoms with E-state index in [4.69, 9.17) is 15.9 Å². The molecule has 2 aromatic rings. The van der Waals surface area contributed by atoms with Gasteiger partial charge in [-0.25, -0.2) is 4.39 Å². The lowest BCUT2D eigenvalue weighted by molar-refractivity contribution is -0.384. The normalized spacial score (nSPS) is 9.68. The van der Waals surface area contributed by atoms with E-state index < -0.39 is 16.6 Å². The Kier molecular flexibility index (Phi) is 5.82. The summed E-state index contributed by atoms with van der Waals surface area (Å²) < 4.78 is 19.0. The average Bonchev–Trinajstić information content (AvgIpc) is 2.45. The van der Waals surface area contributed by atoms with Gasteiger partial charge in [-0.3, -0.25) is 15.5 Å². The molecule has 3 N–H and O–H groups in total. The van der Waals surface area contributed by atoms with Crippen LogP contribution in [0.15, 0.2) is 42.5 Å². The first-order valence-corrected chi connectivity index (χ1v) is 5.98. The Bertz CT molecular complexity index is 692. The van der Waals surface area contributed by atoms with Crippen molar-refractivity contribution in [2.75, 3.05) is 0 Å². The van der Waals surface area contributed by atoms with E-state index in [1.807, 2.05) is 0 Å². The molecular formula is C14H13ClFN3O3. The second-order valence-electron chi connectivity index (χ2n) is 4.24. The molecule has 0 unspecified atom stereocenters. The summed E-state index contributed by atoms with van der Waals surface area (Å²) in [5, 5.41) is 17.9. The Morgan fingerprint density at radius 1 is 1.27 bits per heavy atom. The van der Waals surface area contributed by atoms with Crippen LogP contribution in [-0.4, -0.2) is 10.8 Å². The van der Waals surface area contributed by atoms with Crippen LogP contribution in [0, 0.1) is 21.3 Å². The molecule has 0 radical (unpaired) electrons. The lowest BCUT2D eigenvalue weighted by Crippen LogP contribution is -2.15. The Labute approximate surface area is 131 Å². The van der Waals surface area contributed by atoms with Crippen molar-refractivity contribution >= 4 is 23.9 Å². The number of rotatable bonds is 5. The number of nitrogens with zero attached hydrogens (tertiary/aromatic N) is 1. The molecule has 0 aromatic heterocycles. The van der Waals surface area contributed by atoms with Gasteiger partial charge in [0.25, 0.3) is 5.69 Å². The zero-order valence-corrected chi connectivity index (χ0v) is 12.1. The van der Waals surface area contributed by atoms with E-state index in [2.05, 4.69) is 0 Å². The van der Waals surface area contributed by atoms with Crippen LogP contribution in [0.4, 0.5) is 10.1 Å². The molecule has 2 aromatic carbocycles. The van der Waals surface area contributed by atoms with Crippen molar-refractivity contribution in [3.63, 3.8) is 0 Å². The maximum Gasteiger partial charge on any atom is 0.269 e. The fourth-order valence-corrected chi connectivity index (χ4v) is 1.76. The highest BCUT2D eigenvalue weighted by atomic mass is 35.5. The van der Waals surface area contributed by atoms with E-state index in [-0.39, 0.29) is 36.0 Å². The van der Waals surface area contributed by atoms with Gasteiger partial charge in [0.1, 0.15) is 24.0 Å². The SMILES string of the molecule is Cl.N=C(N)c1c(F)cccc1OCc1ccc([N+](=O)[O-])cc1. The van der Waals surface area contributed by atoms with Crippen LogP contribution in [-0.2, 0) is 6.61 Å². The number of nitrogen functional groups attached to an aromatic ring is 1. The van der Waals surface area contributed by atoms with Gasteiger partial charge in [0.15, 0.2) is 0 Å². The van der Waals surface area contributed by atoms with Crippen LogP contribution in [0.25, 0.3) is 0 Å². The minimum absolute atomic E-state index is 0. The number of hydrogen-bond donors (Lipinski definition) is 2. The van der Waals surface area contributed by atoms with Crippen LogP contribution in [0.3, 0.4) is 0 Å². The molecule has 8 heteroatoms. The number of nitrogens with two attached hydrogens (primary N) is 1. The van der Waals surface area contributed by atoms with Crippen molar-refractivity contribution in [3.05, 3.63) is 69.5 Å². The molecule has 0 amide bonds. The second kappa shape index (κ2) is 7.37. The van der Waals surface area contributed by atoms with E-state index in [1.165, 1.54) is 30.3 Å². The third-order valence-electron chi connectivity index (χ3n) is 2.79. The fourth-order valence-electron chi connectivity index (χ4n) is 1.76. The number of nitro groups is 1. The highest BCUT2D eigenvalue weighted by Crippen LogP contribution is 2.22. The van der Waals surface area contributed by atoms with Crippen LogP contribution in [0.1, 0.15) is 11.1 Å². The molecule has 22 heavy (non-hydrogen) atoms. The summed E-state index contributed by atoms with van der Waals surface area (Å²) in [6.45, 7) is 0.0850. The van der Waals surface area contributed by atoms with E-state index in [1.54, 1.807) is 12.1 Å². The maximum atomic E-state index is 13.6. The van der Waals surface area contributed by atoms with Crippen LogP contribution < -0.4 is 10.5 Å². The predicted octanol–water partition coefficient (Wildman–Crippen LogP) is 3.02. The Morgan fingerprint density at radius 2 is 1.91 bits per heavy atom. The first kappa shape index (κ1) is 17.4. The molecule has 0 aliphatic heterocycles. The second-order valence-corrected chi connectivity index (χ2v) is 4.24. The van der Waals surface area contributed by atoms with Gasteiger partial charge < -0.3 is 10.5 Å². The minimum Gasteiger partial charge on any atom is -0.488 e. The molecule has 6 nitrogen and oxygen atoms in total. The molecule has 0 aliphatic rings. The largest absolute Gasteiger partial charge is 0.488 e. The van der Waals surface area contributed by atoms with Crippen molar-refractivity contribution in [3.8, 4) is 5.75 Å². The van der Waals surface area contributed by atoms with Gasteiger partial charge in [0.05, 0.1) is 10.5 Å². The fraction of sp³-hybridized carbons (Fsp3) is 0.0714.